The van der Waals surface area contributed by atoms with E-state index in [1.165, 1.54) is 0 Å². The van der Waals surface area contributed by atoms with Gasteiger partial charge in [-0.05, 0) is 34.0 Å². The average Bonchev–Trinajstić information content (AvgIpc) is 3.18. The first-order valence-corrected chi connectivity index (χ1v) is 9.53. The van der Waals surface area contributed by atoms with Crippen molar-refractivity contribution in [3.63, 3.8) is 0 Å². The Hall–Kier alpha value is -3.60. The average molecular weight is 385 g/mol. The fraction of sp³-hybridized carbons (Fsp3) is 0.167. The molecule has 0 aliphatic heterocycles. The molecule has 4 aromatic rings. The van der Waals surface area contributed by atoms with Crippen molar-refractivity contribution in [2.24, 2.45) is 7.05 Å². The molecule has 29 heavy (non-hydrogen) atoms. The number of rotatable bonds is 6. The van der Waals surface area contributed by atoms with Crippen LogP contribution in [0.4, 0.5) is 0 Å². The Morgan fingerprint density at radius 1 is 1.07 bits per heavy atom. The molecule has 1 N–H and O–H groups in total. The van der Waals surface area contributed by atoms with Crippen molar-refractivity contribution in [2.75, 3.05) is 7.11 Å². The quantitative estimate of drug-likeness (QED) is 0.545. The Labute approximate surface area is 170 Å². The van der Waals surface area contributed by atoms with Crippen LogP contribution in [0.15, 0.2) is 79.1 Å². The molecule has 4 rings (SSSR count). The Kier molecular flexibility index (Phi) is 5.29. The number of benzene rings is 3. The third-order valence-electron chi connectivity index (χ3n) is 5.10. The maximum Gasteiger partial charge on any atom is 0.225 e. The molecule has 0 radical (unpaired) electrons. The minimum Gasteiger partial charge on any atom is -0.497 e. The number of aryl methyl sites for hydroxylation is 1. The Balaban J connectivity index is 1.61. The van der Waals surface area contributed by atoms with Crippen LogP contribution in [0.25, 0.3) is 10.8 Å². The van der Waals surface area contributed by atoms with Gasteiger partial charge in [-0.15, -0.1) is 0 Å². The van der Waals surface area contributed by atoms with Gasteiger partial charge in [-0.25, -0.2) is 4.98 Å². The molecule has 1 atom stereocenters. The predicted molar refractivity (Wildman–Crippen MR) is 114 cm³/mol. The first-order valence-electron chi connectivity index (χ1n) is 9.53. The van der Waals surface area contributed by atoms with Crippen molar-refractivity contribution < 1.29 is 9.53 Å². The van der Waals surface area contributed by atoms with Crippen LogP contribution in [-0.4, -0.2) is 22.6 Å². The predicted octanol–water partition coefficient (Wildman–Crippen LogP) is 4.03. The van der Waals surface area contributed by atoms with Crippen molar-refractivity contribution in [3.8, 4) is 5.75 Å². The molecule has 1 heterocycles. The number of aromatic nitrogens is 2. The molecular formula is C24H23N3O2. The van der Waals surface area contributed by atoms with E-state index in [4.69, 9.17) is 4.74 Å². The molecule has 0 saturated heterocycles. The van der Waals surface area contributed by atoms with Crippen LogP contribution in [0.5, 0.6) is 5.75 Å². The standard InChI is InChI=1S/C24H23N3O2/c1-27-15-14-25-24(27)23(18-10-12-20(29-2)13-11-18)26-22(28)16-19-8-5-7-17-6-3-4-9-21(17)19/h3-15,23H,16H2,1-2H3,(H,26,28)/t23-/m1/s1. The smallest absolute Gasteiger partial charge is 0.225 e. The molecule has 0 fully saturated rings. The van der Waals surface area contributed by atoms with Gasteiger partial charge in [-0.2, -0.15) is 0 Å². The van der Waals surface area contributed by atoms with Crippen LogP contribution in [0.3, 0.4) is 0 Å². The number of carbonyl (C=O) groups excluding carboxylic acids is 1. The lowest BCUT2D eigenvalue weighted by Gasteiger charge is -2.20. The third kappa shape index (κ3) is 3.99. The van der Waals surface area contributed by atoms with Gasteiger partial charge < -0.3 is 14.6 Å². The van der Waals surface area contributed by atoms with Crippen molar-refractivity contribution in [2.45, 2.75) is 12.5 Å². The Morgan fingerprint density at radius 3 is 2.55 bits per heavy atom. The summed E-state index contributed by atoms with van der Waals surface area (Å²) >= 11 is 0. The highest BCUT2D eigenvalue weighted by Gasteiger charge is 2.21. The van der Waals surface area contributed by atoms with E-state index in [0.29, 0.717) is 6.42 Å². The van der Waals surface area contributed by atoms with Gasteiger partial charge in [-0.1, -0.05) is 54.6 Å². The minimum atomic E-state index is -0.344. The Morgan fingerprint density at radius 2 is 1.83 bits per heavy atom. The molecule has 0 saturated carbocycles. The molecule has 1 amide bonds. The van der Waals surface area contributed by atoms with Gasteiger partial charge >= 0.3 is 0 Å². The first kappa shape index (κ1) is 18.7. The van der Waals surface area contributed by atoms with Crippen LogP contribution < -0.4 is 10.1 Å². The van der Waals surface area contributed by atoms with Crippen molar-refractivity contribution in [1.82, 2.24) is 14.9 Å². The molecule has 146 valence electrons. The maximum atomic E-state index is 13.0. The Bertz CT molecular complexity index is 1130. The molecule has 0 aliphatic rings. The summed E-state index contributed by atoms with van der Waals surface area (Å²) in [5.74, 6) is 1.50. The van der Waals surface area contributed by atoms with Gasteiger partial charge in [0.1, 0.15) is 17.6 Å². The van der Waals surface area contributed by atoms with Crippen molar-refractivity contribution >= 4 is 16.7 Å². The van der Waals surface area contributed by atoms with Gasteiger partial charge in [0, 0.05) is 19.4 Å². The summed E-state index contributed by atoms with van der Waals surface area (Å²) in [6.45, 7) is 0. The molecule has 0 spiro atoms. The SMILES string of the molecule is COc1ccc([C@@H](NC(=O)Cc2cccc3ccccc23)c2nccn2C)cc1. The van der Waals surface area contributed by atoms with E-state index in [9.17, 15) is 4.79 Å². The number of fused-ring (bicyclic) bond motifs is 1. The second-order valence-electron chi connectivity index (χ2n) is 6.99. The van der Waals surface area contributed by atoms with Gasteiger partial charge in [0.25, 0.3) is 0 Å². The van der Waals surface area contributed by atoms with Gasteiger partial charge in [0.05, 0.1) is 13.5 Å². The minimum absolute atomic E-state index is 0.0508. The lowest BCUT2D eigenvalue weighted by molar-refractivity contribution is -0.121. The molecule has 0 unspecified atom stereocenters. The summed E-state index contributed by atoms with van der Waals surface area (Å²) in [6.07, 6.45) is 3.92. The molecule has 1 aromatic heterocycles. The zero-order chi connectivity index (χ0) is 20.2. The topological polar surface area (TPSA) is 56.1 Å². The molecule has 3 aromatic carbocycles. The number of hydrogen-bond acceptors (Lipinski definition) is 3. The van der Waals surface area contributed by atoms with Crippen LogP contribution in [0.1, 0.15) is 23.0 Å². The second-order valence-corrected chi connectivity index (χ2v) is 6.99. The fourth-order valence-electron chi connectivity index (χ4n) is 3.58. The molecule has 0 bridgehead atoms. The lowest BCUT2D eigenvalue weighted by Crippen LogP contribution is -2.32. The number of amides is 1. The highest BCUT2D eigenvalue weighted by molar-refractivity contribution is 5.90. The summed E-state index contributed by atoms with van der Waals surface area (Å²) in [6, 6.07) is 21.5. The number of nitrogens with one attached hydrogen (secondary N) is 1. The number of carbonyl (C=O) groups is 1. The van der Waals surface area contributed by atoms with E-state index in [1.54, 1.807) is 13.3 Å². The van der Waals surface area contributed by atoms with Gasteiger partial charge in [0.15, 0.2) is 0 Å². The zero-order valence-corrected chi connectivity index (χ0v) is 16.5. The third-order valence-corrected chi connectivity index (χ3v) is 5.10. The van der Waals surface area contributed by atoms with Crippen molar-refractivity contribution in [3.05, 3.63) is 96.1 Å². The normalized spacial score (nSPS) is 11.9. The zero-order valence-electron chi connectivity index (χ0n) is 16.5. The number of methoxy groups -OCH3 is 1. The van der Waals surface area contributed by atoms with E-state index in [0.717, 1.165) is 33.5 Å². The molecule has 5 heteroatoms. The molecule has 0 aliphatic carbocycles. The maximum absolute atomic E-state index is 13.0. The van der Waals surface area contributed by atoms with Crippen LogP contribution in [0, 0.1) is 0 Å². The highest BCUT2D eigenvalue weighted by Crippen LogP contribution is 2.24. The second kappa shape index (κ2) is 8.19. The van der Waals surface area contributed by atoms with Crippen LogP contribution in [0.2, 0.25) is 0 Å². The van der Waals surface area contributed by atoms with E-state index in [1.807, 2.05) is 66.3 Å². The number of ether oxygens (including phenoxy) is 1. The van der Waals surface area contributed by atoms with Crippen LogP contribution >= 0.6 is 0 Å². The first-order chi connectivity index (χ1) is 14.2. The summed E-state index contributed by atoms with van der Waals surface area (Å²) in [5, 5.41) is 5.40. The van der Waals surface area contributed by atoms with E-state index >= 15 is 0 Å². The molecule has 5 nitrogen and oxygen atoms in total. The highest BCUT2D eigenvalue weighted by atomic mass is 16.5. The summed E-state index contributed by atoms with van der Waals surface area (Å²) in [4.78, 5) is 17.5. The van der Waals surface area contributed by atoms with E-state index in [-0.39, 0.29) is 11.9 Å². The number of hydrogen-bond donors (Lipinski definition) is 1. The number of imidazole rings is 1. The van der Waals surface area contributed by atoms with E-state index < -0.39 is 0 Å². The summed E-state index contributed by atoms with van der Waals surface area (Å²) in [5.41, 5.74) is 1.96. The van der Waals surface area contributed by atoms with Gasteiger partial charge in [-0.3, -0.25) is 4.79 Å². The summed E-state index contributed by atoms with van der Waals surface area (Å²) in [7, 11) is 3.56. The number of nitrogens with zero attached hydrogens (tertiary/aromatic N) is 2. The van der Waals surface area contributed by atoms with Crippen LogP contribution in [-0.2, 0) is 18.3 Å². The molecular weight excluding hydrogens is 362 g/mol. The summed E-state index contributed by atoms with van der Waals surface area (Å²) < 4.78 is 7.18. The lowest BCUT2D eigenvalue weighted by atomic mass is 10.0. The van der Waals surface area contributed by atoms with Crippen molar-refractivity contribution in [1.29, 1.82) is 0 Å². The van der Waals surface area contributed by atoms with E-state index in [2.05, 4.69) is 28.5 Å². The fourth-order valence-corrected chi connectivity index (χ4v) is 3.58. The largest absolute Gasteiger partial charge is 0.497 e. The van der Waals surface area contributed by atoms with Gasteiger partial charge in [0.2, 0.25) is 5.91 Å². The monoisotopic (exact) mass is 385 g/mol.